The molecule has 0 N–H and O–H groups in total. The van der Waals surface area contributed by atoms with Crippen LogP contribution in [0.15, 0.2) is 71.9 Å². The Balaban J connectivity index is 2.52. The van der Waals surface area contributed by atoms with Gasteiger partial charge in [-0.05, 0) is 44.7 Å². The predicted molar refractivity (Wildman–Crippen MR) is 107 cm³/mol. The Kier molecular flexibility index (Phi) is 7.87. The normalized spacial score (nSPS) is 12.2. The van der Waals surface area contributed by atoms with Crippen LogP contribution in [0.5, 0.6) is 0 Å². The summed E-state index contributed by atoms with van der Waals surface area (Å²) in [5.74, 6) is 0.617. The minimum atomic E-state index is -2.63. The highest BCUT2D eigenvalue weighted by Crippen LogP contribution is 2.17. The molecule has 0 aliphatic carbocycles. The molecular formula is C19H22ClO2PSi. The van der Waals surface area contributed by atoms with Crippen molar-refractivity contribution in [3.63, 3.8) is 0 Å². The number of carbonyl (C=O) groups excluding carboxylic acids is 1. The third-order valence-electron chi connectivity index (χ3n) is 3.98. The number of carbonyl (C=O) groups is 1. The number of halogens is 1. The lowest BCUT2D eigenvalue weighted by Gasteiger charge is -2.28. The minimum Gasteiger partial charge on any atom is -0.388 e. The van der Waals surface area contributed by atoms with Crippen molar-refractivity contribution in [1.82, 2.24) is 0 Å². The molecule has 0 fully saturated rings. The Morgan fingerprint density at radius 3 is 1.96 bits per heavy atom. The van der Waals surface area contributed by atoms with Gasteiger partial charge in [-0.25, -0.2) is 0 Å². The van der Waals surface area contributed by atoms with Gasteiger partial charge in [0.25, 0.3) is 8.32 Å². The van der Waals surface area contributed by atoms with Crippen molar-refractivity contribution in [2.45, 2.75) is 19.3 Å². The van der Waals surface area contributed by atoms with Crippen LogP contribution in [0.3, 0.4) is 0 Å². The van der Waals surface area contributed by atoms with Crippen LogP contribution in [0.2, 0.25) is 0 Å². The second-order valence-electron chi connectivity index (χ2n) is 5.57. The average molecular weight is 377 g/mol. The van der Waals surface area contributed by atoms with Gasteiger partial charge < -0.3 is 4.21 Å². The number of rotatable bonds is 9. The fourth-order valence-electron chi connectivity index (χ4n) is 2.72. The topological polar surface area (TPSA) is 26.3 Å². The summed E-state index contributed by atoms with van der Waals surface area (Å²) < 4.78 is 6.04. The molecule has 0 bridgehead atoms. The van der Waals surface area contributed by atoms with E-state index in [0.717, 1.165) is 41.5 Å². The zero-order valence-electron chi connectivity index (χ0n) is 13.5. The Bertz CT molecular complexity index is 622. The quantitative estimate of drug-likeness (QED) is 0.167. The van der Waals surface area contributed by atoms with E-state index < -0.39 is 8.32 Å². The summed E-state index contributed by atoms with van der Waals surface area (Å²) in [5, 5.41) is 2.23. The molecule has 5 heteroatoms. The Hall–Kier alpha value is -1.25. The lowest BCUT2D eigenvalue weighted by Crippen LogP contribution is -2.58. The molecule has 1 atom stereocenters. The highest BCUT2D eigenvalue weighted by atomic mass is 35.5. The molecule has 0 radical (unpaired) electrons. The molecule has 0 aromatic heterocycles. The van der Waals surface area contributed by atoms with Crippen molar-refractivity contribution >= 4 is 46.0 Å². The highest BCUT2D eigenvalue weighted by Gasteiger charge is 2.37. The first kappa shape index (κ1) is 19.1. The molecule has 2 nitrogen and oxygen atoms in total. The van der Waals surface area contributed by atoms with Crippen LogP contribution in [0.25, 0.3) is 0 Å². The van der Waals surface area contributed by atoms with Crippen LogP contribution < -0.4 is 10.4 Å². The van der Waals surface area contributed by atoms with Crippen molar-refractivity contribution in [3.8, 4) is 0 Å². The number of allylic oxidation sites excluding steroid dienone is 1. The fourth-order valence-corrected chi connectivity index (χ4v) is 7.05. The number of benzene rings is 2. The van der Waals surface area contributed by atoms with Crippen LogP contribution >= 0.6 is 21.1 Å². The molecule has 0 amide bonds. The van der Waals surface area contributed by atoms with Gasteiger partial charge >= 0.3 is 0 Å². The number of hydrogen-bond donors (Lipinski definition) is 0. The van der Waals surface area contributed by atoms with Crippen LogP contribution in [0, 0.1) is 0 Å². The van der Waals surface area contributed by atoms with Gasteiger partial charge in [-0.1, -0.05) is 66.4 Å². The molecule has 2 aromatic rings. The van der Waals surface area contributed by atoms with Gasteiger partial charge in [0, 0.05) is 5.88 Å². The molecule has 2 aromatic carbocycles. The summed E-state index contributed by atoms with van der Waals surface area (Å²) in [6.07, 6.45) is 3.48. The Morgan fingerprint density at radius 1 is 1.00 bits per heavy atom. The second-order valence-corrected chi connectivity index (χ2v) is 9.80. The van der Waals surface area contributed by atoms with Gasteiger partial charge in [0.05, 0.1) is 0 Å². The van der Waals surface area contributed by atoms with E-state index in [1.165, 1.54) is 0 Å². The third kappa shape index (κ3) is 4.64. The maximum absolute atomic E-state index is 11.6. The zero-order valence-corrected chi connectivity index (χ0v) is 16.4. The molecule has 24 heavy (non-hydrogen) atoms. The van der Waals surface area contributed by atoms with Crippen LogP contribution in [-0.2, 0) is 9.01 Å². The molecule has 1 unspecified atom stereocenters. The van der Waals surface area contributed by atoms with E-state index in [1.54, 1.807) is 0 Å². The van der Waals surface area contributed by atoms with E-state index in [0.29, 0.717) is 5.88 Å². The summed E-state index contributed by atoms with van der Waals surface area (Å²) in [4.78, 5) is 11.6. The van der Waals surface area contributed by atoms with Gasteiger partial charge in [0.15, 0.2) is 0 Å². The zero-order chi connectivity index (χ0) is 17.3. The molecule has 0 aliphatic rings. The SMILES string of the molecule is O=C/C(=C\[Si](OP)(c1ccccc1)c1ccccc1)CCCCCl. The van der Waals surface area contributed by atoms with Gasteiger partial charge in [-0.2, -0.15) is 0 Å². The lowest BCUT2D eigenvalue weighted by molar-refractivity contribution is -0.105. The monoisotopic (exact) mass is 376 g/mol. The van der Waals surface area contributed by atoms with E-state index in [-0.39, 0.29) is 0 Å². The van der Waals surface area contributed by atoms with E-state index in [4.69, 9.17) is 15.8 Å². The van der Waals surface area contributed by atoms with Gasteiger partial charge in [-0.15, -0.1) is 11.6 Å². The largest absolute Gasteiger partial charge is 0.388 e. The van der Waals surface area contributed by atoms with E-state index in [9.17, 15) is 4.79 Å². The van der Waals surface area contributed by atoms with Gasteiger partial charge in [0.2, 0.25) is 0 Å². The number of unbranched alkanes of at least 4 members (excludes halogenated alkanes) is 1. The van der Waals surface area contributed by atoms with Crippen molar-refractivity contribution < 1.29 is 9.01 Å². The Labute approximate surface area is 152 Å². The van der Waals surface area contributed by atoms with E-state index in [1.807, 2.05) is 36.4 Å². The van der Waals surface area contributed by atoms with Crippen LogP contribution in [0.4, 0.5) is 0 Å². The number of alkyl halides is 1. The molecule has 0 saturated carbocycles. The van der Waals surface area contributed by atoms with Gasteiger partial charge in [-0.3, -0.25) is 4.79 Å². The smallest absolute Gasteiger partial charge is 0.284 e. The fraction of sp³-hybridized carbons (Fsp3) is 0.211. The maximum Gasteiger partial charge on any atom is 0.284 e. The van der Waals surface area contributed by atoms with Crippen molar-refractivity contribution in [1.29, 1.82) is 0 Å². The van der Waals surface area contributed by atoms with E-state index in [2.05, 4.69) is 39.4 Å². The first-order valence-electron chi connectivity index (χ1n) is 7.98. The predicted octanol–water partition coefficient (Wildman–Crippen LogP) is 3.63. The summed E-state index contributed by atoms with van der Waals surface area (Å²) >= 11 is 5.75. The third-order valence-corrected chi connectivity index (χ3v) is 8.89. The second kappa shape index (κ2) is 9.90. The number of aldehydes is 1. The Morgan fingerprint density at radius 2 is 1.54 bits per heavy atom. The molecule has 0 saturated heterocycles. The summed E-state index contributed by atoms with van der Waals surface area (Å²) in [5.41, 5.74) is 2.84. The van der Waals surface area contributed by atoms with Crippen molar-refractivity contribution in [2.75, 3.05) is 5.88 Å². The summed E-state index contributed by atoms with van der Waals surface area (Å²) in [7, 11) is -0.211. The van der Waals surface area contributed by atoms with Gasteiger partial charge in [0.1, 0.15) is 6.29 Å². The molecule has 0 spiro atoms. The molecule has 2 rings (SSSR count). The summed E-state index contributed by atoms with van der Waals surface area (Å²) in [6, 6.07) is 20.3. The number of hydrogen-bond acceptors (Lipinski definition) is 2. The standard InChI is InChI=1S/C19H22ClO2PSi/c20-14-8-7-9-17(15-21)16-24(22-23,18-10-3-1-4-11-18)19-12-5-2-6-13-19/h1-6,10-13,15-16H,7-9,14,23H2/b17-16-. The summed E-state index contributed by atoms with van der Waals surface area (Å²) in [6.45, 7) is 0. The van der Waals surface area contributed by atoms with Crippen molar-refractivity contribution in [3.05, 3.63) is 71.9 Å². The lowest BCUT2D eigenvalue weighted by atomic mass is 10.1. The minimum absolute atomic E-state index is 0.617. The highest BCUT2D eigenvalue weighted by molar-refractivity contribution is 7.19. The molecule has 126 valence electrons. The van der Waals surface area contributed by atoms with Crippen LogP contribution in [0.1, 0.15) is 19.3 Å². The van der Waals surface area contributed by atoms with Crippen molar-refractivity contribution in [2.24, 2.45) is 0 Å². The molecule has 0 aliphatic heterocycles. The van der Waals surface area contributed by atoms with E-state index >= 15 is 0 Å². The maximum atomic E-state index is 11.6. The van der Waals surface area contributed by atoms with Crippen LogP contribution in [-0.4, -0.2) is 20.5 Å². The molecular weight excluding hydrogens is 355 g/mol. The average Bonchev–Trinajstić information content (AvgIpc) is 2.66. The first-order valence-corrected chi connectivity index (χ1v) is 11.0. The first-order chi connectivity index (χ1) is 11.8. The molecule has 0 heterocycles.